The largest absolute Gasteiger partial charge is 0.198 e. The van der Waals surface area contributed by atoms with Crippen LogP contribution in [0.15, 0.2) is 23.1 Å². The summed E-state index contributed by atoms with van der Waals surface area (Å²) >= 11 is 1.92. The normalized spacial score (nSPS) is 11.3. The summed E-state index contributed by atoms with van der Waals surface area (Å²) in [5.74, 6) is 1.14. The fraction of sp³-hybridized carbons (Fsp3) is 0.562. The zero-order valence-electron chi connectivity index (χ0n) is 11.9. The van der Waals surface area contributed by atoms with Crippen LogP contribution in [0.1, 0.15) is 44.2 Å². The van der Waals surface area contributed by atoms with Gasteiger partial charge in [-0.25, -0.2) is 0 Å². The standard InChI is InChI=1S/C16H23NS/c1-13-7-8-15(11-14(13)2)18-10-6-5-9-16(3,4)12-17/h7-8,11H,5-6,9-10H2,1-4H3. The first-order chi connectivity index (χ1) is 8.44. The monoisotopic (exact) mass is 261 g/mol. The Kier molecular flexibility index (Phi) is 5.75. The van der Waals surface area contributed by atoms with E-state index in [1.54, 1.807) is 0 Å². The van der Waals surface area contributed by atoms with Crippen molar-refractivity contribution < 1.29 is 0 Å². The number of thioether (sulfide) groups is 1. The van der Waals surface area contributed by atoms with Gasteiger partial charge < -0.3 is 0 Å². The van der Waals surface area contributed by atoms with Crippen molar-refractivity contribution >= 4 is 11.8 Å². The Morgan fingerprint density at radius 3 is 2.50 bits per heavy atom. The summed E-state index contributed by atoms with van der Waals surface area (Å²) in [6, 6.07) is 9.01. The molecule has 0 spiro atoms. The lowest BCUT2D eigenvalue weighted by atomic mass is 9.89. The first kappa shape index (κ1) is 15.1. The lowest BCUT2D eigenvalue weighted by molar-refractivity contribution is 0.433. The Bertz CT molecular complexity index is 429. The fourth-order valence-electron chi connectivity index (χ4n) is 1.72. The Hall–Kier alpha value is -0.940. The van der Waals surface area contributed by atoms with Gasteiger partial charge in [-0.2, -0.15) is 5.26 Å². The molecule has 2 heteroatoms. The molecule has 98 valence electrons. The fourth-order valence-corrected chi connectivity index (χ4v) is 2.73. The molecule has 0 saturated heterocycles. The quantitative estimate of drug-likeness (QED) is 0.524. The molecule has 0 heterocycles. The Morgan fingerprint density at radius 1 is 1.17 bits per heavy atom. The molecule has 0 amide bonds. The second-order valence-electron chi connectivity index (χ2n) is 5.55. The van der Waals surface area contributed by atoms with Crippen molar-refractivity contribution in [2.75, 3.05) is 5.75 Å². The first-order valence-electron chi connectivity index (χ1n) is 6.56. The van der Waals surface area contributed by atoms with Gasteiger partial charge in [-0.3, -0.25) is 0 Å². The number of nitriles is 1. The minimum absolute atomic E-state index is 0.162. The molecule has 1 nitrogen and oxygen atoms in total. The van der Waals surface area contributed by atoms with Crippen LogP contribution in [-0.2, 0) is 0 Å². The van der Waals surface area contributed by atoms with E-state index in [0.717, 1.165) is 18.6 Å². The maximum atomic E-state index is 8.93. The number of nitrogens with zero attached hydrogens (tertiary/aromatic N) is 1. The van der Waals surface area contributed by atoms with Crippen LogP contribution in [0.3, 0.4) is 0 Å². The molecule has 0 bridgehead atoms. The second-order valence-corrected chi connectivity index (χ2v) is 6.72. The molecule has 1 aromatic rings. The van der Waals surface area contributed by atoms with Crippen molar-refractivity contribution in [3.63, 3.8) is 0 Å². The molecule has 0 aliphatic carbocycles. The highest BCUT2D eigenvalue weighted by atomic mass is 32.2. The summed E-state index contributed by atoms with van der Waals surface area (Å²) in [6.45, 7) is 8.34. The summed E-state index contributed by atoms with van der Waals surface area (Å²) < 4.78 is 0. The molecule has 0 radical (unpaired) electrons. The van der Waals surface area contributed by atoms with Crippen molar-refractivity contribution in [2.24, 2.45) is 5.41 Å². The highest BCUT2D eigenvalue weighted by molar-refractivity contribution is 7.99. The number of hydrogen-bond donors (Lipinski definition) is 0. The van der Waals surface area contributed by atoms with Gasteiger partial charge in [-0.1, -0.05) is 12.5 Å². The molecule has 1 aromatic carbocycles. The number of unbranched alkanes of at least 4 members (excludes halogenated alkanes) is 1. The van der Waals surface area contributed by atoms with E-state index in [2.05, 4.69) is 38.1 Å². The van der Waals surface area contributed by atoms with Crippen molar-refractivity contribution in [1.29, 1.82) is 5.26 Å². The molecule has 0 unspecified atom stereocenters. The number of rotatable bonds is 6. The van der Waals surface area contributed by atoms with Crippen LogP contribution >= 0.6 is 11.8 Å². The minimum Gasteiger partial charge on any atom is -0.198 e. The number of benzene rings is 1. The van der Waals surface area contributed by atoms with Crippen molar-refractivity contribution in [3.05, 3.63) is 29.3 Å². The molecule has 0 aromatic heterocycles. The van der Waals surface area contributed by atoms with E-state index in [4.69, 9.17) is 5.26 Å². The SMILES string of the molecule is Cc1ccc(SCCCCC(C)(C)C#N)cc1C. The zero-order valence-corrected chi connectivity index (χ0v) is 12.7. The van der Waals surface area contributed by atoms with E-state index in [9.17, 15) is 0 Å². The molecule has 18 heavy (non-hydrogen) atoms. The van der Waals surface area contributed by atoms with Crippen molar-refractivity contribution in [2.45, 2.75) is 51.9 Å². The summed E-state index contributed by atoms with van der Waals surface area (Å²) in [6.07, 6.45) is 3.32. The molecule has 0 atom stereocenters. The van der Waals surface area contributed by atoms with E-state index in [0.29, 0.717) is 0 Å². The van der Waals surface area contributed by atoms with Crippen LogP contribution in [0, 0.1) is 30.6 Å². The average molecular weight is 261 g/mol. The van der Waals surface area contributed by atoms with Gasteiger partial charge in [0.25, 0.3) is 0 Å². The van der Waals surface area contributed by atoms with Gasteiger partial charge in [-0.15, -0.1) is 11.8 Å². The maximum absolute atomic E-state index is 8.93. The van der Waals surface area contributed by atoms with Crippen molar-refractivity contribution in [1.82, 2.24) is 0 Å². The number of hydrogen-bond acceptors (Lipinski definition) is 2. The predicted octanol–water partition coefficient (Wildman–Crippen LogP) is 5.12. The third-order valence-electron chi connectivity index (χ3n) is 3.25. The highest BCUT2D eigenvalue weighted by Gasteiger charge is 2.15. The predicted molar refractivity (Wildman–Crippen MR) is 79.9 cm³/mol. The van der Waals surface area contributed by atoms with Gasteiger partial charge >= 0.3 is 0 Å². The lowest BCUT2D eigenvalue weighted by Crippen LogP contribution is -2.07. The average Bonchev–Trinajstić information content (AvgIpc) is 2.33. The number of aryl methyl sites for hydroxylation is 2. The molecular weight excluding hydrogens is 238 g/mol. The van der Waals surface area contributed by atoms with Crippen LogP contribution < -0.4 is 0 Å². The molecule has 0 N–H and O–H groups in total. The first-order valence-corrected chi connectivity index (χ1v) is 7.54. The highest BCUT2D eigenvalue weighted by Crippen LogP contribution is 2.25. The molecule has 0 fully saturated rings. The smallest absolute Gasteiger partial charge is 0.0683 e. The van der Waals surface area contributed by atoms with Crippen LogP contribution in [0.5, 0.6) is 0 Å². The van der Waals surface area contributed by atoms with E-state index in [-0.39, 0.29) is 5.41 Å². The van der Waals surface area contributed by atoms with E-state index < -0.39 is 0 Å². The van der Waals surface area contributed by atoms with E-state index in [1.807, 2.05) is 25.6 Å². The van der Waals surface area contributed by atoms with Gasteiger partial charge in [-0.05, 0) is 69.5 Å². The van der Waals surface area contributed by atoms with Gasteiger partial charge in [0, 0.05) is 4.90 Å². The molecule has 1 rings (SSSR count). The van der Waals surface area contributed by atoms with Crippen molar-refractivity contribution in [3.8, 4) is 6.07 Å². The zero-order chi connectivity index (χ0) is 13.6. The van der Waals surface area contributed by atoms with E-state index in [1.165, 1.54) is 22.4 Å². The third-order valence-corrected chi connectivity index (χ3v) is 4.33. The van der Waals surface area contributed by atoms with Gasteiger partial charge in [0.05, 0.1) is 11.5 Å². The molecule has 0 saturated carbocycles. The topological polar surface area (TPSA) is 23.8 Å². The van der Waals surface area contributed by atoms with Gasteiger partial charge in [0.15, 0.2) is 0 Å². The second kappa shape index (κ2) is 6.85. The van der Waals surface area contributed by atoms with Crippen LogP contribution in [0.2, 0.25) is 0 Å². The van der Waals surface area contributed by atoms with Gasteiger partial charge in [0.2, 0.25) is 0 Å². The molecular formula is C16H23NS. The van der Waals surface area contributed by atoms with E-state index >= 15 is 0 Å². The van der Waals surface area contributed by atoms with Crippen LogP contribution in [0.4, 0.5) is 0 Å². The Morgan fingerprint density at radius 2 is 1.89 bits per heavy atom. The lowest BCUT2D eigenvalue weighted by Gasteiger charge is -2.14. The van der Waals surface area contributed by atoms with Crippen LogP contribution in [-0.4, -0.2) is 5.75 Å². The molecule has 0 aliphatic rings. The summed E-state index contributed by atoms with van der Waals surface area (Å²) in [7, 11) is 0. The third kappa shape index (κ3) is 5.14. The maximum Gasteiger partial charge on any atom is 0.0683 e. The van der Waals surface area contributed by atoms with Gasteiger partial charge in [0.1, 0.15) is 0 Å². The Balaban J connectivity index is 2.26. The Labute approximate surface area is 116 Å². The summed E-state index contributed by atoms with van der Waals surface area (Å²) in [5.41, 5.74) is 2.56. The molecule has 0 aliphatic heterocycles. The summed E-state index contributed by atoms with van der Waals surface area (Å²) in [5, 5.41) is 8.93. The van der Waals surface area contributed by atoms with Crippen LogP contribution in [0.25, 0.3) is 0 Å². The minimum atomic E-state index is -0.162. The summed E-state index contributed by atoms with van der Waals surface area (Å²) in [4.78, 5) is 1.36.